The second kappa shape index (κ2) is 5.21. The Hall–Kier alpha value is -1.66. The van der Waals surface area contributed by atoms with Crippen molar-refractivity contribution in [1.29, 1.82) is 0 Å². The third kappa shape index (κ3) is 2.18. The van der Waals surface area contributed by atoms with Crippen molar-refractivity contribution in [2.75, 3.05) is 0 Å². The highest BCUT2D eigenvalue weighted by atomic mass is 35.5. The molecule has 1 N–H and O–H groups in total. The molecule has 114 valence electrons. The molecule has 1 aliphatic carbocycles. The number of aromatic amines is 1. The van der Waals surface area contributed by atoms with Crippen LogP contribution in [0.3, 0.4) is 0 Å². The summed E-state index contributed by atoms with van der Waals surface area (Å²) in [4.78, 5) is 22.2. The van der Waals surface area contributed by atoms with Gasteiger partial charge in [0.15, 0.2) is 0 Å². The first-order valence-corrected chi connectivity index (χ1v) is 8.52. The molecule has 1 aliphatic rings. The quantitative estimate of drug-likeness (QED) is 0.783. The minimum Gasteiger partial charge on any atom is -0.310 e. The molecule has 0 amide bonds. The lowest BCUT2D eigenvalue weighted by Crippen LogP contribution is -2.14. The number of halogens is 1. The zero-order chi connectivity index (χ0) is 15.3. The minimum absolute atomic E-state index is 0.0299. The van der Waals surface area contributed by atoms with Crippen LogP contribution in [0, 0.1) is 0 Å². The molecule has 3 aromatic rings. The van der Waals surface area contributed by atoms with E-state index in [-0.39, 0.29) is 5.56 Å². The van der Waals surface area contributed by atoms with Gasteiger partial charge in [0, 0.05) is 18.3 Å². The zero-order valence-electron chi connectivity index (χ0n) is 12.1. The van der Waals surface area contributed by atoms with E-state index < -0.39 is 0 Å². The van der Waals surface area contributed by atoms with Crippen molar-refractivity contribution in [3.63, 3.8) is 0 Å². The molecular formula is C15H15ClN4OS. The minimum atomic E-state index is -0.0299. The molecule has 22 heavy (non-hydrogen) atoms. The van der Waals surface area contributed by atoms with Gasteiger partial charge in [-0.3, -0.25) is 9.48 Å². The summed E-state index contributed by atoms with van der Waals surface area (Å²) in [7, 11) is 1.84. The van der Waals surface area contributed by atoms with Crippen molar-refractivity contribution < 1.29 is 0 Å². The molecule has 0 saturated carbocycles. The standard InChI is InChI=1S/C15H15ClN4OS/c1-20-10(9(16)7-17-20)6-12-18-14(21)13-8-4-2-3-5-11(8)22-15(13)19-12/h7H,2-6H2,1H3,(H,18,19,21). The van der Waals surface area contributed by atoms with Crippen LogP contribution in [-0.2, 0) is 26.3 Å². The summed E-state index contributed by atoms with van der Waals surface area (Å²) in [5.74, 6) is 0.640. The van der Waals surface area contributed by atoms with Gasteiger partial charge in [0.05, 0.1) is 22.3 Å². The molecule has 5 nitrogen and oxygen atoms in total. The third-order valence-corrected chi connectivity index (χ3v) is 5.72. The van der Waals surface area contributed by atoms with E-state index in [9.17, 15) is 4.79 Å². The van der Waals surface area contributed by atoms with E-state index in [2.05, 4.69) is 15.1 Å². The van der Waals surface area contributed by atoms with Crippen LogP contribution in [0.15, 0.2) is 11.0 Å². The van der Waals surface area contributed by atoms with E-state index in [1.165, 1.54) is 16.9 Å². The number of aromatic nitrogens is 4. The van der Waals surface area contributed by atoms with Crippen molar-refractivity contribution in [1.82, 2.24) is 19.7 Å². The number of aryl methyl sites for hydroxylation is 3. The van der Waals surface area contributed by atoms with Gasteiger partial charge in [0.1, 0.15) is 10.7 Å². The van der Waals surface area contributed by atoms with E-state index in [1.54, 1.807) is 22.2 Å². The lowest BCUT2D eigenvalue weighted by molar-refractivity contribution is 0.699. The normalized spacial score (nSPS) is 14.5. The highest BCUT2D eigenvalue weighted by Crippen LogP contribution is 2.33. The van der Waals surface area contributed by atoms with Crippen LogP contribution in [0.4, 0.5) is 0 Å². The predicted octanol–water partition coefficient (Wildman–Crippen LogP) is 2.84. The Balaban J connectivity index is 1.82. The summed E-state index contributed by atoms with van der Waals surface area (Å²) >= 11 is 7.80. The molecule has 0 spiro atoms. The molecule has 7 heteroatoms. The first-order chi connectivity index (χ1) is 10.6. The Morgan fingerprint density at radius 2 is 2.23 bits per heavy atom. The molecule has 0 atom stereocenters. The summed E-state index contributed by atoms with van der Waals surface area (Å²) in [6.45, 7) is 0. The van der Waals surface area contributed by atoms with Crippen LogP contribution >= 0.6 is 22.9 Å². The fraction of sp³-hybridized carbons (Fsp3) is 0.400. The van der Waals surface area contributed by atoms with Gasteiger partial charge >= 0.3 is 0 Å². The maximum absolute atomic E-state index is 12.5. The Kier molecular flexibility index (Phi) is 3.31. The third-order valence-electron chi connectivity index (χ3n) is 4.22. The number of hydrogen-bond acceptors (Lipinski definition) is 4. The Morgan fingerprint density at radius 3 is 3.00 bits per heavy atom. The molecule has 0 bridgehead atoms. The topological polar surface area (TPSA) is 63.6 Å². The second-order valence-electron chi connectivity index (χ2n) is 5.64. The Bertz CT molecular complexity index is 904. The highest BCUT2D eigenvalue weighted by molar-refractivity contribution is 7.18. The smallest absolute Gasteiger partial charge is 0.259 e. The molecule has 3 heterocycles. The molecule has 0 radical (unpaired) electrons. The van der Waals surface area contributed by atoms with E-state index in [1.807, 2.05) is 7.05 Å². The highest BCUT2D eigenvalue weighted by Gasteiger charge is 2.20. The van der Waals surface area contributed by atoms with Crippen LogP contribution in [-0.4, -0.2) is 19.7 Å². The maximum atomic E-state index is 12.5. The van der Waals surface area contributed by atoms with Crippen molar-refractivity contribution in [2.45, 2.75) is 32.1 Å². The molecule has 0 saturated heterocycles. The predicted molar refractivity (Wildman–Crippen MR) is 87.9 cm³/mol. The number of thiophene rings is 1. The maximum Gasteiger partial charge on any atom is 0.259 e. The molecule has 3 aromatic heterocycles. The van der Waals surface area contributed by atoms with Crippen molar-refractivity contribution in [2.24, 2.45) is 7.05 Å². The molecule has 0 unspecified atom stereocenters. The number of hydrogen-bond donors (Lipinski definition) is 1. The van der Waals surface area contributed by atoms with E-state index in [4.69, 9.17) is 11.6 Å². The second-order valence-corrected chi connectivity index (χ2v) is 7.13. The first-order valence-electron chi connectivity index (χ1n) is 7.33. The monoisotopic (exact) mass is 334 g/mol. The average Bonchev–Trinajstić information content (AvgIpc) is 3.02. The number of H-pyrrole nitrogens is 1. The summed E-state index contributed by atoms with van der Waals surface area (Å²) in [5.41, 5.74) is 2.04. The van der Waals surface area contributed by atoms with E-state index in [0.717, 1.165) is 35.2 Å². The number of nitrogens with zero attached hydrogens (tertiary/aromatic N) is 3. The van der Waals surface area contributed by atoms with Gasteiger partial charge in [-0.1, -0.05) is 11.6 Å². The molecule has 0 aliphatic heterocycles. The van der Waals surface area contributed by atoms with Crippen molar-refractivity contribution >= 4 is 33.2 Å². The number of nitrogens with one attached hydrogen (secondary N) is 1. The molecule has 0 aromatic carbocycles. The molecular weight excluding hydrogens is 320 g/mol. The van der Waals surface area contributed by atoms with E-state index in [0.29, 0.717) is 17.3 Å². The molecule has 4 rings (SSSR count). The largest absolute Gasteiger partial charge is 0.310 e. The van der Waals surface area contributed by atoms with Gasteiger partial charge in [-0.05, 0) is 31.2 Å². The number of rotatable bonds is 2. The van der Waals surface area contributed by atoms with Gasteiger partial charge in [-0.25, -0.2) is 4.98 Å². The van der Waals surface area contributed by atoms with Crippen LogP contribution in [0.2, 0.25) is 5.02 Å². The summed E-state index contributed by atoms with van der Waals surface area (Å²) in [6, 6.07) is 0. The Morgan fingerprint density at radius 1 is 1.41 bits per heavy atom. The lowest BCUT2D eigenvalue weighted by Gasteiger charge is -2.09. The number of fused-ring (bicyclic) bond motifs is 3. The molecule has 0 fully saturated rings. The van der Waals surface area contributed by atoms with Gasteiger partial charge in [0.2, 0.25) is 0 Å². The summed E-state index contributed by atoms with van der Waals surface area (Å²) < 4.78 is 1.71. The van der Waals surface area contributed by atoms with Gasteiger partial charge in [0.25, 0.3) is 5.56 Å². The van der Waals surface area contributed by atoms with E-state index >= 15 is 0 Å². The SMILES string of the molecule is Cn1ncc(Cl)c1Cc1nc2sc3c(c2c(=O)[nH]1)CCCC3. The van der Waals surface area contributed by atoms with Gasteiger partial charge in [-0.2, -0.15) is 5.10 Å². The van der Waals surface area contributed by atoms with Crippen molar-refractivity contribution in [3.05, 3.63) is 43.5 Å². The van der Waals surface area contributed by atoms with Gasteiger partial charge in [-0.15, -0.1) is 11.3 Å². The summed E-state index contributed by atoms with van der Waals surface area (Å²) in [5, 5.41) is 5.50. The fourth-order valence-electron chi connectivity index (χ4n) is 3.09. The first kappa shape index (κ1) is 14.0. The van der Waals surface area contributed by atoms with Crippen molar-refractivity contribution in [3.8, 4) is 0 Å². The fourth-order valence-corrected chi connectivity index (χ4v) is 4.60. The lowest BCUT2D eigenvalue weighted by atomic mass is 9.97. The average molecular weight is 335 g/mol. The van der Waals surface area contributed by atoms with Crippen LogP contribution < -0.4 is 5.56 Å². The van der Waals surface area contributed by atoms with Crippen LogP contribution in [0.1, 0.15) is 34.8 Å². The Labute approximate surface area is 136 Å². The zero-order valence-corrected chi connectivity index (χ0v) is 13.7. The van der Waals surface area contributed by atoms with Crippen LogP contribution in [0.25, 0.3) is 10.2 Å². The summed E-state index contributed by atoms with van der Waals surface area (Å²) in [6.07, 6.45) is 6.51. The van der Waals surface area contributed by atoms with Gasteiger partial charge < -0.3 is 4.98 Å². The van der Waals surface area contributed by atoms with Crippen LogP contribution in [0.5, 0.6) is 0 Å².